The van der Waals surface area contributed by atoms with Gasteiger partial charge in [-0.05, 0) is 61.4 Å². The number of sulfonamides is 1. The van der Waals surface area contributed by atoms with Gasteiger partial charge in [0.1, 0.15) is 18.2 Å². The topological polar surface area (TPSA) is 66.5 Å². The van der Waals surface area contributed by atoms with Crippen molar-refractivity contribution in [3.63, 3.8) is 0 Å². The SMILES string of the molecule is Cc1cc(C)cc(N(CC(=O)Nc2ccc(F)cc2F)S(=O)(=O)c2ccccc2)c1. The average Bonchev–Trinajstić information content (AvgIpc) is 2.68. The van der Waals surface area contributed by atoms with Crippen LogP contribution in [0.25, 0.3) is 0 Å². The molecule has 3 aromatic rings. The highest BCUT2D eigenvalue weighted by atomic mass is 32.2. The number of benzene rings is 3. The molecule has 30 heavy (non-hydrogen) atoms. The number of amides is 1. The van der Waals surface area contributed by atoms with E-state index in [0.717, 1.165) is 27.6 Å². The van der Waals surface area contributed by atoms with Crippen molar-refractivity contribution in [3.05, 3.63) is 89.5 Å². The van der Waals surface area contributed by atoms with Gasteiger partial charge in [0.25, 0.3) is 10.0 Å². The Labute approximate surface area is 174 Å². The van der Waals surface area contributed by atoms with Gasteiger partial charge in [-0.2, -0.15) is 0 Å². The van der Waals surface area contributed by atoms with Crippen LogP contribution in [0.4, 0.5) is 20.2 Å². The van der Waals surface area contributed by atoms with Crippen molar-refractivity contribution in [3.8, 4) is 0 Å². The third kappa shape index (κ3) is 4.83. The molecule has 0 spiro atoms. The normalized spacial score (nSPS) is 11.2. The molecule has 0 atom stereocenters. The third-order valence-corrected chi connectivity index (χ3v) is 6.11. The molecule has 0 bridgehead atoms. The fourth-order valence-electron chi connectivity index (χ4n) is 3.04. The van der Waals surface area contributed by atoms with Crippen LogP contribution in [-0.2, 0) is 14.8 Å². The Kier molecular flexibility index (Phi) is 6.17. The molecule has 5 nitrogen and oxygen atoms in total. The molecule has 0 saturated heterocycles. The third-order valence-electron chi connectivity index (χ3n) is 4.32. The van der Waals surface area contributed by atoms with E-state index in [1.807, 2.05) is 19.9 Å². The zero-order valence-electron chi connectivity index (χ0n) is 16.4. The number of rotatable bonds is 6. The van der Waals surface area contributed by atoms with Crippen molar-refractivity contribution in [2.24, 2.45) is 0 Å². The minimum atomic E-state index is -4.07. The van der Waals surface area contributed by atoms with Crippen molar-refractivity contribution < 1.29 is 22.0 Å². The minimum absolute atomic E-state index is 0.0184. The number of nitrogens with one attached hydrogen (secondary N) is 1. The molecule has 3 aromatic carbocycles. The molecular weight excluding hydrogens is 410 g/mol. The van der Waals surface area contributed by atoms with Crippen LogP contribution in [0, 0.1) is 25.5 Å². The van der Waals surface area contributed by atoms with E-state index >= 15 is 0 Å². The van der Waals surface area contributed by atoms with Crippen LogP contribution in [-0.4, -0.2) is 20.9 Å². The Morgan fingerprint density at radius 1 is 0.933 bits per heavy atom. The van der Waals surface area contributed by atoms with E-state index in [-0.39, 0.29) is 10.6 Å². The van der Waals surface area contributed by atoms with E-state index in [0.29, 0.717) is 11.8 Å². The summed E-state index contributed by atoms with van der Waals surface area (Å²) in [5.41, 5.74) is 1.72. The van der Waals surface area contributed by atoms with Crippen molar-refractivity contribution in [1.29, 1.82) is 0 Å². The van der Waals surface area contributed by atoms with Gasteiger partial charge in [-0.15, -0.1) is 0 Å². The molecule has 0 aliphatic carbocycles. The number of halogens is 2. The van der Waals surface area contributed by atoms with Crippen LogP contribution in [0.2, 0.25) is 0 Å². The number of carbonyl (C=O) groups excluding carboxylic acids is 1. The van der Waals surface area contributed by atoms with Gasteiger partial charge < -0.3 is 5.32 Å². The maximum absolute atomic E-state index is 13.9. The van der Waals surface area contributed by atoms with Gasteiger partial charge in [-0.3, -0.25) is 9.10 Å². The van der Waals surface area contributed by atoms with Crippen LogP contribution >= 0.6 is 0 Å². The summed E-state index contributed by atoms with van der Waals surface area (Å²) in [6.07, 6.45) is 0. The maximum atomic E-state index is 13.9. The first-order chi connectivity index (χ1) is 14.2. The molecule has 0 aliphatic rings. The summed E-state index contributed by atoms with van der Waals surface area (Å²) in [7, 11) is -4.07. The van der Waals surface area contributed by atoms with Crippen LogP contribution < -0.4 is 9.62 Å². The lowest BCUT2D eigenvalue weighted by molar-refractivity contribution is -0.114. The molecule has 8 heteroatoms. The first-order valence-electron chi connectivity index (χ1n) is 9.08. The first kappa shape index (κ1) is 21.4. The molecule has 1 N–H and O–H groups in total. The molecule has 1 amide bonds. The van der Waals surface area contributed by atoms with Crippen LogP contribution in [0.5, 0.6) is 0 Å². The Hall–Kier alpha value is -3.26. The summed E-state index contributed by atoms with van der Waals surface area (Å²) in [5.74, 6) is -2.50. The molecular formula is C22H20F2N2O3S. The second-order valence-electron chi connectivity index (χ2n) is 6.84. The van der Waals surface area contributed by atoms with Gasteiger partial charge in [0.15, 0.2) is 0 Å². The first-order valence-corrected chi connectivity index (χ1v) is 10.5. The van der Waals surface area contributed by atoms with E-state index < -0.39 is 34.1 Å². The largest absolute Gasteiger partial charge is 0.322 e. The van der Waals surface area contributed by atoms with E-state index in [9.17, 15) is 22.0 Å². The van der Waals surface area contributed by atoms with Gasteiger partial charge in [-0.25, -0.2) is 17.2 Å². The van der Waals surface area contributed by atoms with E-state index in [1.54, 1.807) is 30.3 Å². The van der Waals surface area contributed by atoms with Gasteiger partial charge >= 0.3 is 0 Å². The fourth-order valence-corrected chi connectivity index (χ4v) is 4.47. The highest BCUT2D eigenvalue weighted by Crippen LogP contribution is 2.26. The Balaban J connectivity index is 1.98. The van der Waals surface area contributed by atoms with Gasteiger partial charge in [0, 0.05) is 6.07 Å². The lowest BCUT2D eigenvalue weighted by Crippen LogP contribution is -2.38. The lowest BCUT2D eigenvalue weighted by atomic mass is 10.1. The Bertz CT molecular complexity index is 1160. The lowest BCUT2D eigenvalue weighted by Gasteiger charge is -2.25. The predicted octanol–water partition coefficient (Wildman–Crippen LogP) is 4.42. The summed E-state index contributed by atoms with van der Waals surface area (Å²) >= 11 is 0. The van der Waals surface area contributed by atoms with Gasteiger partial charge in [-0.1, -0.05) is 24.3 Å². The van der Waals surface area contributed by atoms with Crippen LogP contribution in [0.1, 0.15) is 11.1 Å². The van der Waals surface area contributed by atoms with E-state index in [1.165, 1.54) is 12.1 Å². The van der Waals surface area contributed by atoms with Crippen molar-refractivity contribution in [2.75, 3.05) is 16.2 Å². The highest BCUT2D eigenvalue weighted by Gasteiger charge is 2.27. The summed E-state index contributed by atoms with van der Waals surface area (Å²) in [4.78, 5) is 12.6. The maximum Gasteiger partial charge on any atom is 0.264 e. The van der Waals surface area contributed by atoms with Crippen molar-refractivity contribution in [1.82, 2.24) is 0 Å². The summed E-state index contributed by atoms with van der Waals surface area (Å²) in [6, 6.07) is 15.6. The monoisotopic (exact) mass is 430 g/mol. The minimum Gasteiger partial charge on any atom is -0.322 e. The van der Waals surface area contributed by atoms with Crippen LogP contribution in [0.3, 0.4) is 0 Å². The van der Waals surface area contributed by atoms with Crippen LogP contribution in [0.15, 0.2) is 71.6 Å². The predicted molar refractivity (Wildman–Crippen MR) is 112 cm³/mol. The number of aryl methyl sites for hydroxylation is 2. The molecule has 0 saturated carbocycles. The molecule has 0 heterocycles. The zero-order valence-corrected chi connectivity index (χ0v) is 17.2. The quantitative estimate of drug-likeness (QED) is 0.630. The molecule has 0 fully saturated rings. The molecule has 156 valence electrons. The Morgan fingerprint density at radius 3 is 2.17 bits per heavy atom. The molecule has 0 aliphatic heterocycles. The number of anilines is 2. The molecule has 0 radical (unpaired) electrons. The number of hydrogen-bond acceptors (Lipinski definition) is 3. The van der Waals surface area contributed by atoms with Crippen molar-refractivity contribution in [2.45, 2.75) is 18.7 Å². The van der Waals surface area contributed by atoms with E-state index in [4.69, 9.17) is 0 Å². The smallest absolute Gasteiger partial charge is 0.264 e. The second-order valence-corrected chi connectivity index (χ2v) is 8.71. The van der Waals surface area contributed by atoms with E-state index in [2.05, 4.69) is 5.32 Å². The Morgan fingerprint density at radius 2 is 1.57 bits per heavy atom. The fraction of sp³-hybridized carbons (Fsp3) is 0.136. The molecule has 0 unspecified atom stereocenters. The number of carbonyl (C=O) groups is 1. The molecule has 3 rings (SSSR count). The second kappa shape index (κ2) is 8.62. The number of hydrogen-bond donors (Lipinski definition) is 1. The standard InChI is InChI=1S/C22H20F2N2O3S/c1-15-10-16(2)12-18(11-15)26(30(28,29)19-6-4-3-5-7-19)14-22(27)25-21-9-8-17(23)13-20(21)24/h3-13H,14H2,1-2H3,(H,25,27). The highest BCUT2D eigenvalue weighted by molar-refractivity contribution is 7.92. The zero-order chi connectivity index (χ0) is 21.9. The molecule has 0 aromatic heterocycles. The summed E-state index contributed by atoms with van der Waals surface area (Å²) < 4.78 is 54.5. The van der Waals surface area contributed by atoms with Gasteiger partial charge in [0.05, 0.1) is 16.3 Å². The summed E-state index contributed by atoms with van der Waals surface area (Å²) in [5, 5.41) is 2.30. The van der Waals surface area contributed by atoms with Crippen molar-refractivity contribution >= 4 is 27.3 Å². The summed E-state index contributed by atoms with van der Waals surface area (Å²) in [6.45, 7) is 3.05. The van der Waals surface area contributed by atoms with Gasteiger partial charge in [0.2, 0.25) is 5.91 Å². The number of nitrogens with zero attached hydrogens (tertiary/aromatic N) is 1. The average molecular weight is 430 g/mol.